The molecule has 3 aromatic heterocycles. The first-order valence-electron chi connectivity index (χ1n) is 12.3. The van der Waals surface area contributed by atoms with Crippen molar-refractivity contribution in [3.63, 3.8) is 0 Å². The van der Waals surface area contributed by atoms with Gasteiger partial charge < -0.3 is 9.73 Å². The zero-order valence-corrected chi connectivity index (χ0v) is 23.0. The first kappa shape index (κ1) is 26.7. The molecule has 1 unspecified atom stereocenters. The van der Waals surface area contributed by atoms with E-state index in [1.54, 1.807) is 28.8 Å². The smallest absolute Gasteiger partial charge is 0.265 e. The van der Waals surface area contributed by atoms with Gasteiger partial charge in [0.25, 0.3) is 6.43 Å². The van der Waals surface area contributed by atoms with Crippen molar-refractivity contribution in [3.05, 3.63) is 59.6 Å². The molecule has 0 saturated carbocycles. The summed E-state index contributed by atoms with van der Waals surface area (Å²) in [5, 5.41) is 3.90. The van der Waals surface area contributed by atoms with Crippen LogP contribution in [0.4, 0.5) is 14.6 Å². The Kier molecular flexibility index (Phi) is 7.49. The fraction of sp³-hybridized carbons (Fsp3) is 0.385. The van der Waals surface area contributed by atoms with Crippen LogP contribution in [0.15, 0.2) is 51.5 Å². The summed E-state index contributed by atoms with van der Waals surface area (Å²) in [4.78, 5) is 11.5. The summed E-state index contributed by atoms with van der Waals surface area (Å²) in [6, 6.07) is 8.35. The van der Waals surface area contributed by atoms with E-state index in [1.165, 1.54) is 23.7 Å². The number of furan rings is 1. The number of rotatable bonds is 8. The number of alkyl halides is 2. The van der Waals surface area contributed by atoms with E-state index in [-0.39, 0.29) is 17.1 Å². The van der Waals surface area contributed by atoms with Crippen LogP contribution in [0.25, 0.3) is 21.5 Å². The largest absolute Gasteiger partial charge is 0.463 e. The molecular weight excluding hydrogens is 530 g/mol. The van der Waals surface area contributed by atoms with Crippen molar-refractivity contribution in [1.82, 2.24) is 19.2 Å². The summed E-state index contributed by atoms with van der Waals surface area (Å²) in [6.45, 7) is 9.02. The zero-order valence-electron chi connectivity index (χ0n) is 21.4. The number of hydrogen-bond donors (Lipinski definition) is 2. The van der Waals surface area contributed by atoms with Crippen LogP contribution in [0.5, 0.6) is 0 Å². The standard InChI is InChI=1S/C26H30F2N6O2S2/c1-16-14-36-24(18(16)3)21-7-8-22(37-21)38(29,35)34-11-9-33(10-12-34)13-17(2)32-26-20-6-4-5-19(25(27)28)23(20)30-15-31-26/h4-8,14-15,17,25,29H,9-13H2,1-3H3,(H,30,31,32)/t17-,38?/m0/s1. The number of thiophene rings is 1. The third kappa shape index (κ3) is 5.18. The predicted molar refractivity (Wildman–Crippen MR) is 146 cm³/mol. The Morgan fingerprint density at radius 3 is 2.61 bits per heavy atom. The van der Waals surface area contributed by atoms with Gasteiger partial charge in [0, 0.05) is 49.7 Å². The van der Waals surface area contributed by atoms with Crippen molar-refractivity contribution in [2.45, 2.75) is 37.4 Å². The highest BCUT2D eigenvalue weighted by Gasteiger charge is 2.28. The quantitative estimate of drug-likeness (QED) is 0.277. The SMILES string of the molecule is Cc1coc(-c2ccc(S(=N)(=O)N3CCN(C[C@H](C)Nc4ncnc5c(C(F)F)cccc45)CC3)s2)c1C. The molecule has 38 heavy (non-hydrogen) atoms. The lowest BCUT2D eigenvalue weighted by Gasteiger charge is -2.36. The summed E-state index contributed by atoms with van der Waals surface area (Å²) < 4.78 is 57.0. The maximum atomic E-state index is 13.5. The molecule has 1 saturated heterocycles. The number of nitrogens with one attached hydrogen (secondary N) is 2. The minimum atomic E-state index is -3.10. The van der Waals surface area contributed by atoms with E-state index in [0.717, 1.165) is 21.8 Å². The van der Waals surface area contributed by atoms with E-state index in [9.17, 15) is 13.0 Å². The molecule has 0 amide bonds. The summed E-state index contributed by atoms with van der Waals surface area (Å²) in [7, 11) is -3.10. The lowest BCUT2D eigenvalue weighted by Crippen LogP contribution is -2.50. The number of halogens is 2. The molecule has 1 aromatic carbocycles. The first-order valence-corrected chi connectivity index (χ1v) is 14.7. The van der Waals surface area contributed by atoms with Crippen LogP contribution in [-0.4, -0.2) is 62.1 Å². The lowest BCUT2D eigenvalue weighted by molar-refractivity contribution is 0.153. The van der Waals surface area contributed by atoms with Crippen molar-refractivity contribution in [1.29, 1.82) is 4.78 Å². The first-order chi connectivity index (χ1) is 18.1. The van der Waals surface area contributed by atoms with Gasteiger partial charge in [-0.15, -0.1) is 11.3 Å². The molecular formula is C26H30F2N6O2S2. The van der Waals surface area contributed by atoms with Crippen LogP contribution >= 0.6 is 11.3 Å². The Hall–Kier alpha value is -2.93. The molecule has 12 heteroatoms. The number of benzene rings is 1. The second-order valence-corrected chi connectivity index (χ2v) is 12.9. The van der Waals surface area contributed by atoms with Crippen LogP contribution in [0.2, 0.25) is 0 Å². The Bertz CT molecular complexity index is 1540. The minimum absolute atomic E-state index is 0.0185. The fourth-order valence-electron chi connectivity index (χ4n) is 4.70. The van der Waals surface area contributed by atoms with Crippen LogP contribution in [0, 0.1) is 18.6 Å². The second-order valence-electron chi connectivity index (χ2n) is 9.56. The highest BCUT2D eigenvalue weighted by molar-refractivity contribution is 7.92. The van der Waals surface area contributed by atoms with Gasteiger partial charge in [0.2, 0.25) is 0 Å². The highest BCUT2D eigenvalue weighted by Crippen LogP contribution is 2.36. The third-order valence-corrected chi connectivity index (χ3v) is 10.5. The van der Waals surface area contributed by atoms with Gasteiger partial charge in [-0.05, 0) is 50.1 Å². The van der Waals surface area contributed by atoms with E-state index >= 15 is 0 Å². The van der Waals surface area contributed by atoms with Crippen LogP contribution in [-0.2, 0) is 9.92 Å². The van der Waals surface area contributed by atoms with E-state index in [1.807, 2.05) is 26.8 Å². The van der Waals surface area contributed by atoms with E-state index in [0.29, 0.717) is 48.1 Å². The average Bonchev–Trinajstić information content (AvgIpc) is 3.51. The van der Waals surface area contributed by atoms with Crippen molar-refractivity contribution in [3.8, 4) is 10.6 Å². The summed E-state index contributed by atoms with van der Waals surface area (Å²) in [5.74, 6) is 1.29. The summed E-state index contributed by atoms with van der Waals surface area (Å²) >= 11 is 1.35. The number of aromatic nitrogens is 2. The van der Waals surface area contributed by atoms with E-state index in [2.05, 4.69) is 20.2 Å². The molecule has 1 aliphatic rings. The number of fused-ring (bicyclic) bond motifs is 1. The molecule has 0 aliphatic carbocycles. The highest BCUT2D eigenvalue weighted by atomic mass is 32.2. The maximum absolute atomic E-state index is 13.5. The molecule has 0 bridgehead atoms. The zero-order chi connectivity index (χ0) is 27.0. The van der Waals surface area contributed by atoms with Crippen molar-refractivity contribution < 1.29 is 17.4 Å². The fourth-order valence-corrected chi connectivity index (χ4v) is 7.71. The van der Waals surface area contributed by atoms with Gasteiger partial charge in [0.15, 0.2) is 0 Å². The van der Waals surface area contributed by atoms with E-state index < -0.39 is 16.3 Å². The molecule has 0 spiro atoms. The lowest BCUT2D eigenvalue weighted by atomic mass is 10.1. The molecule has 2 N–H and O–H groups in total. The molecule has 0 radical (unpaired) electrons. The second kappa shape index (κ2) is 10.7. The third-order valence-electron chi connectivity index (χ3n) is 6.90. The Morgan fingerprint density at radius 2 is 1.92 bits per heavy atom. The van der Waals surface area contributed by atoms with Gasteiger partial charge in [-0.2, -0.15) is 0 Å². The maximum Gasteiger partial charge on any atom is 0.265 e. The summed E-state index contributed by atoms with van der Waals surface area (Å²) in [6.07, 6.45) is 0.407. The van der Waals surface area contributed by atoms with Gasteiger partial charge >= 0.3 is 0 Å². The number of nitrogens with zero attached hydrogens (tertiary/aromatic N) is 4. The summed E-state index contributed by atoms with van der Waals surface area (Å²) in [5.41, 5.74) is 2.26. The number of hydrogen-bond acceptors (Lipinski definition) is 8. The molecule has 4 aromatic rings. The molecule has 2 atom stereocenters. The number of anilines is 1. The average molecular weight is 561 g/mol. The number of aryl methyl sites for hydroxylation is 1. The van der Waals surface area contributed by atoms with Gasteiger partial charge in [0.05, 0.1) is 16.7 Å². The molecule has 1 fully saturated rings. The number of piperazine rings is 1. The molecule has 8 nitrogen and oxygen atoms in total. The van der Waals surface area contributed by atoms with Crippen molar-refractivity contribution in [2.24, 2.45) is 0 Å². The van der Waals surface area contributed by atoms with Gasteiger partial charge in [0.1, 0.15) is 32.0 Å². The van der Waals surface area contributed by atoms with Crippen LogP contribution in [0.1, 0.15) is 30.0 Å². The van der Waals surface area contributed by atoms with Crippen LogP contribution in [0.3, 0.4) is 0 Å². The van der Waals surface area contributed by atoms with E-state index in [4.69, 9.17) is 9.20 Å². The van der Waals surface area contributed by atoms with Gasteiger partial charge in [-0.1, -0.05) is 12.1 Å². The van der Waals surface area contributed by atoms with Gasteiger partial charge in [-0.3, -0.25) is 4.90 Å². The minimum Gasteiger partial charge on any atom is -0.463 e. The molecule has 4 heterocycles. The molecule has 202 valence electrons. The Balaban J connectivity index is 1.20. The predicted octanol–water partition coefficient (Wildman–Crippen LogP) is 5.94. The Labute approximate surface area is 224 Å². The van der Waals surface area contributed by atoms with Crippen LogP contribution < -0.4 is 5.32 Å². The monoisotopic (exact) mass is 560 g/mol. The molecule has 5 rings (SSSR count). The van der Waals surface area contributed by atoms with Crippen molar-refractivity contribution >= 4 is 38.0 Å². The van der Waals surface area contributed by atoms with Gasteiger partial charge in [-0.25, -0.2) is 32.0 Å². The normalized spacial score (nSPS) is 17.6. The van der Waals surface area contributed by atoms with Crippen molar-refractivity contribution in [2.75, 3.05) is 38.0 Å². The number of para-hydroxylation sites is 1. The Morgan fingerprint density at radius 1 is 1.16 bits per heavy atom. The molecule has 1 aliphatic heterocycles. The topological polar surface area (TPSA) is 98.4 Å².